The van der Waals surface area contributed by atoms with Gasteiger partial charge in [0, 0.05) is 0 Å². The minimum atomic E-state index is -0.266. The highest BCUT2D eigenvalue weighted by molar-refractivity contribution is 6.05. The number of hydrogen-bond donors (Lipinski definition) is 4. The van der Waals surface area contributed by atoms with Crippen LogP contribution in [0.15, 0.2) is 12.5 Å². The number of anilines is 3. The van der Waals surface area contributed by atoms with E-state index in [0.29, 0.717) is 4.73 Å². The molecule has 78 valence electrons. The lowest BCUT2D eigenvalue weighted by atomic mass is 10.1. The number of aromatic nitrogens is 2. The number of phenols is 1. The number of nitrogens with zero attached hydrogens (tertiary/aromatic N) is 2. The van der Waals surface area contributed by atoms with Crippen molar-refractivity contribution in [3.63, 3.8) is 0 Å². The van der Waals surface area contributed by atoms with Gasteiger partial charge in [0.1, 0.15) is 11.9 Å². The van der Waals surface area contributed by atoms with Crippen LogP contribution >= 0.6 is 0 Å². The number of aromatic hydroxyl groups is 1. The number of benzene rings is 1. The number of hydrogen-bond acceptors (Lipinski definition) is 6. The van der Waals surface area contributed by atoms with Crippen LogP contribution in [0.2, 0.25) is 0 Å². The highest BCUT2D eigenvalue weighted by Gasteiger charge is 2.18. The molecular weight excluding hydrogens is 198 g/mol. The van der Waals surface area contributed by atoms with Crippen molar-refractivity contribution in [1.82, 2.24) is 4.98 Å². The molecule has 1 aromatic carbocycles. The van der Waals surface area contributed by atoms with E-state index in [0.717, 1.165) is 6.33 Å². The minimum Gasteiger partial charge on any atom is -0.711 e. The molecule has 0 aliphatic rings. The first kappa shape index (κ1) is 9.13. The van der Waals surface area contributed by atoms with Crippen LogP contribution in [0.25, 0.3) is 10.9 Å². The van der Waals surface area contributed by atoms with Crippen LogP contribution in [0.3, 0.4) is 0 Å². The van der Waals surface area contributed by atoms with Crippen LogP contribution in [0.5, 0.6) is 5.75 Å². The van der Waals surface area contributed by atoms with Gasteiger partial charge < -0.3 is 27.5 Å². The maximum Gasteiger partial charge on any atom is 0.290 e. The fourth-order valence-electron chi connectivity index (χ4n) is 1.34. The van der Waals surface area contributed by atoms with Crippen molar-refractivity contribution in [2.75, 3.05) is 17.2 Å². The smallest absolute Gasteiger partial charge is 0.290 e. The van der Waals surface area contributed by atoms with Gasteiger partial charge in [-0.05, 0) is 4.98 Å². The van der Waals surface area contributed by atoms with Crippen molar-refractivity contribution < 1.29 is 9.84 Å². The van der Waals surface area contributed by atoms with E-state index in [9.17, 15) is 10.3 Å². The molecule has 7 N–H and O–H groups in total. The van der Waals surface area contributed by atoms with Crippen molar-refractivity contribution in [2.24, 2.45) is 0 Å². The van der Waals surface area contributed by atoms with Crippen LogP contribution < -0.4 is 21.9 Å². The van der Waals surface area contributed by atoms with E-state index in [1.807, 2.05) is 0 Å². The monoisotopic (exact) mass is 207 g/mol. The predicted octanol–water partition coefficient (Wildman–Crippen LogP) is -0.680. The Morgan fingerprint density at radius 3 is 2.53 bits per heavy atom. The van der Waals surface area contributed by atoms with Crippen molar-refractivity contribution in [3.05, 3.63) is 17.7 Å². The van der Waals surface area contributed by atoms with Gasteiger partial charge in [-0.1, -0.05) is 0 Å². The number of nitrogens with two attached hydrogens (primary N) is 3. The Labute approximate surface area is 84.3 Å². The normalized spacial score (nSPS) is 10.7. The van der Waals surface area contributed by atoms with Crippen LogP contribution in [-0.2, 0) is 0 Å². The summed E-state index contributed by atoms with van der Waals surface area (Å²) in [6, 6.07) is 0. The fourth-order valence-corrected chi connectivity index (χ4v) is 1.34. The van der Waals surface area contributed by atoms with Crippen molar-refractivity contribution in [2.45, 2.75) is 0 Å². The van der Waals surface area contributed by atoms with E-state index in [1.54, 1.807) is 0 Å². The summed E-state index contributed by atoms with van der Waals surface area (Å²) in [5, 5.41) is 20.9. The van der Waals surface area contributed by atoms with Gasteiger partial charge in [-0.15, -0.1) is 0 Å². The average molecular weight is 207 g/mol. The second-order valence-electron chi connectivity index (χ2n) is 3.09. The second kappa shape index (κ2) is 2.77. The van der Waals surface area contributed by atoms with Gasteiger partial charge in [0.15, 0.2) is 5.75 Å². The molecular formula is C8H9N5O2. The highest BCUT2D eigenvalue weighted by atomic mass is 16.5. The summed E-state index contributed by atoms with van der Waals surface area (Å²) < 4.78 is 0.466. The Kier molecular flexibility index (Phi) is 1.69. The van der Waals surface area contributed by atoms with Gasteiger partial charge in [-0.2, -0.15) is 0 Å². The molecule has 0 bridgehead atoms. The summed E-state index contributed by atoms with van der Waals surface area (Å²) in [6.07, 6.45) is 2.17. The molecule has 0 spiro atoms. The molecule has 7 nitrogen and oxygen atoms in total. The van der Waals surface area contributed by atoms with E-state index in [4.69, 9.17) is 17.2 Å². The Morgan fingerprint density at radius 2 is 1.87 bits per heavy atom. The van der Waals surface area contributed by atoms with E-state index in [-0.39, 0.29) is 33.7 Å². The van der Waals surface area contributed by atoms with Gasteiger partial charge >= 0.3 is 0 Å². The van der Waals surface area contributed by atoms with E-state index >= 15 is 0 Å². The maximum atomic E-state index is 11.0. The number of nitrogen functional groups attached to an aromatic ring is 3. The molecule has 0 fully saturated rings. The van der Waals surface area contributed by atoms with Crippen LogP contribution in [0.1, 0.15) is 0 Å². The quantitative estimate of drug-likeness (QED) is 0.148. The van der Waals surface area contributed by atoms with Crippen LogP contribution in [0, 0.1) is 5.21 Å². The molecule has 2 rings (SSSR count). The fraction of sp³-hybridized carbons (Fsp3) is 0. The maximum absolute atomic E-state index is 11.0. The number of phenolic OH excluding ortho intramolecular Hbond substituents is 1. The lowest BCUT2D eigenvalue weighted by Gasteiger charge is -2.09. The first-order chi connectivity index (χ1) is 7.02. The highest BCUT2D eigenvalue weighted by Crippen LogP contribution is 2.38. The molecule has 0 aliphatic heterocycles. The average Bonchev–Trinajstić information content (AvgIpc) is 2.23. The van der Waals surface area contributed by atoms with Gasteiger partial charge in [-0.3, -0.25) is 0 Å². The standard InChI is InChI=1S/C8H9N5O2/c9-4-3-1-13(15)2-12-7(3)8(14)6(11)5(4)10/h1-2,14H,9-11H2. The number of rotatable bonds is 0. The van der Waals surface area contributed by atoms with Gasteiger partial charge in [0.2, 0.25) is 5.52 Å². The van der Waals surface area contributed by atoms with Crippen molar-refractivity contribution >= 4 is 28.0 Å². The summed E-state index contributed by atoms with van der Waals surface area (Å²) in [5.41, 5.74) is 17.0. The van der Waals surface area contributed by atoms with Crippen molar-refractivity contribution in [3.8, 4) is 5.75 Å². The molecule has 0 aliphatic carbocycles. The summed E-state index contributed by atoms with van der Waals surface area (Å²) in [7, 11) is 0. The molecule has 0 radical (unpaired) electrons. The molecule has 7 heteroatoms. The topological polar surface area (TPSA) is 138 Å². The van der Waals surface area contributed by atoms with E-state index in [2.05, 4.69) is 4.98 Å². The first-order valence-corrected chi connectivity index (χ1v) is 4.06. The zero-order valence-corrected chi connectivity index (χ0v) is 7.64. The summed E-state index contributed by atoms with van der Waals surface area (Å²) in [4.78, 5) is 3.73. The Balaban J connectivity index is 3.00. The molecule has 0 amide bonds. The number of fused-ring (bicyclic) bond motifs is 1. The van der Waals surface area contributed by atoms with Gasteiger partial charge in [0.25, 0.3) is 6.33 Å². The van der Waals surface area contributed by atoms with E-state index < -0.39 is 0 Å². The minimum absolute atomic E-state index is 0.0313. The molecule has 0 saturated heterocycles. The molecule has 0 saturated carbocycles. The molecule has 0 unspecified atom stereocenters. The van der Waals surface area contributed by atoms with Crippen LogP contribution in [0.4, 0.5) is 17.1 Å². The molecule has 0 atom stereocenters. The Hall–Kier alpha value is -2.44. The SMILES string of the molecule is Nc1c(N)c(O)c2nc[n+]([O-])cc2c1N. The predicted molar refractivity (Wildman–Crippen MR) is 55.6 cm³/mol. The largest absolute Gasteiger partial charge is 0.711 e. The van der Waals surface area contributed by atoms with Crippen molar-refractivity contribution in [1.29, 1.82) is 0 Å². The van der Waals surface area contributed by atoms with Gasteiger partial charge in [0.05, 0.1) is 16.8 Å². The second-order valence-corrected chi connectivity index (χ2v) is 3.09. The lowest BCUT2D eigenvalue weighted by molar-refractivity contribution is -0.607. The lowest BCUT2D eigenvalue weighted by Crippen LogP contribution is -2.25. The molecule has 15 heavy (non-hydrogen) atoms. The zero-order chi connectivity index (χ0) is 11.2. The first-order valence-electron chi connectivity index (χ1n) is 4.06. The van der Waals surface area contributed by atoms with E-state index in [1.165, 1.54) is 6.20 Å². The molecule has 1 heterocycles. The summed E-state index contributed by atoms with van der Waals surface area (Å²) >= 11 is 0. The van der Waals surface area contributed by atoms with Gasteiger partial charge in [-0.25, -0.2) is 4.73 Å². The Morgan fingerprint density at radius 1 is 1.20 bits per heavy atom. The third-order valence-electron chi connectivity index (χ3n) is 2.16. The molecule has 1 aromatic heterocycles. The third-order valence-corrected chi connectivity index (χ3v) is 2.16. The third kappa shape index (κ3) is 1.13. The molecule has 2 aromatic rings. The summed E-state index contributed by atoms with van der Waals surface area (Å²) in [5.74, 6) is -0.266. The zero-order valence-electron chi connectivity index (χ0n) is 7.64. The Bertz CT molecular complexity index is 554. The summed E-state index contributed by atoms with van der Waals surface area (Å²) in [6.45, 7) is 0. The van der Waals surface area contributed by atoms with Crippen LogP contribution in [-0.4, -0.2) is 10.1 Å².